The van der Waals surface area contributed by atoms with E-state index >= 15 is 0 Å². The van der Waals surface area contributed by atoms with Crippen LogP contribution in [0.5, 0.6) is 5.75 Å². The second-order valence-electron chi connectivity index (χ2n) is 8.65. The summed E-state index contributed by atoms with van der Waals surface area (Å²) in [4.78, 5) is 18.7. The zero-order chi connectivity index (χ0) is 26.5. The average Bonchev–Trinajstić information content (AvgIpc) is 3.57. The van der Waals surface area contributed by atoms with Crippen LogP contribution in [0, 0.1) is 20.8 Å². The summed E-state index contributed by atoms with van der Waals surface area (Å²) in [5, 5.41) is 7.26. The highest BCUT2D eigenvalue weighted by Gasteiger charge is 2.18. The van der Waals surface area contributed by atoms with Crippen LogP contribution in [0.3, 0.4) is 0 Å². The molecule has 1 fully saturated rings. The summed E-state index contributed by atoms with van der Waals surface area (Å²) in [5.41, 5.74) is 5.28. The minimum atomic E-state index is -0.138. The number of likely N-dealkylation sites (tertiary alicyclic amines) is 1. The fourth-order valence-corrected chi connectivity index (χ4v) is 4.37. The summed E-state index contributed by atoms with van der Waals surface area (Å²) < 4.78 is 5.95. The van der Waals surface area contributed by atoms with Gasteiger partial charge in [0.05, 0.1) is 12.8 Å². The van der Waals surface area contributed by atoms with E-state index in [-0.39, 0.29) is 12.5 Å². The number of aromatic amines is 1. The Balaban J connectivity index is 0.00000109. The van der Waals surface area contributed by atoms with E-state index in [9.17, 15) is 4.79 Å². The van der Waals surface area contributed by atoms with Crippen LogP contribution in [-0.2, 0) is 4.79 Å². The predicted octanol–water partition coefficient (Wildman–Crippen LogP) is 6.48. The van der Waals surface area contributed by atoms with Crippen LogP contribution in [0.2, 0.25) is 0 Å². The van der Waals surface area contributed by atoms with E-state index in [1.165, 1.54) is 18.4 Å². The maximum Gasteiger partial charge on any atom is 0.280 e. The monoisotopic (exact) mass is 492 g/mol. The van der Waals surface area contributed by atoms with Crippen molar-refractivity contribution < 1.29 is 9.53 Å². The van der Waals surface area contributed by atoms with E-state index in [0.717, 1.165) is 53.0 Å². The van der Waals surface area contributed by atoms with Gasteiger partial charge < -0.3 is 14.6 Å². The van der Waals surface area contributed by atoms with Gasteiger partial charge in [0.15, 0.2) is 6.61 Å². The van der Waals surface area contributed by atoms with E-state index in [1.54, 1.807) is 11.2 Å². The molecule has 0 spiro atoms. The molecule has 3 aromatic rings. The first-order chi connectivity index (χ1) is 17.5. The molecular weight excluding hydrogens is 448 g/mol. The predicted molar refractivity (Wildman–Crippen MR) is 152 cm³/mol. The summed E-state index contributed by atoms with van der Waals surface area (Å²) in [6.07, 6.45) is 6.12. The van der Waals surface area contributed by atoms with E-state index in [2.05, 4.69) is 40.1 Å². The number of aryl methyl sites for hydroxylation is 3. The second-order valence-corrected chi connectivity index (χ2v) is 8.65. The van der Waals surface area contributed by atoms with Gasteiger partial charge in [0.1, 0.15) is 5.75 Å². The van der Waals surface area contributed by atoms with Crippen LogP contribution in [0.25, 0.3) is 10.9 Å². The summed E-state index contributed by atoms with van der Waals surface area (Å²) in [5.74, 6) is 0.644. The molecule has 36 heavy (non-hydrogen) atoms. The molecule has 2 heterocycles. The first kappa shape index (κ1) is 29.1. The third-order valence-electron chi connectivity index (χ3n) is 5.98. The number of fused-ring (bicyclic) bond motifs is 1. The van der Waals surface area contributed by atoms with Crippen LogP contribution in [0.1, 0.15) is 62.8 Å². The van der Waals surface area contributed by atoms with Gasteiger partial charge in [0, 0.05) is 18.3 Å². The fourth-order valence-electron chi connectivity index (χ4n) is 4.37. The molecule has 0 saturated carbocycles. The van der Waals surface area contributed by atoms with Gasteiger partial charge in [-0.25, -0.2) is 5.01 Å². The van der Waals surface area contributed by atoms with Gasteiger partial charge in [-0.3, -0.25) is 4.79 Å². The van der Waals surface area contributed by atoms with E-state index in [1.807, 2.05) is 65.9 Å². The van der Waals surface area contributed by atoms with Crippen molar-refractivity contribution in [3.63, 3.8) is 0 Å². The van der Waals surface area contributed by atoms with Crippen LogP contribution in [0.4, 0.5) is 0 Å². The van der Waals surface area contributed by atoms with Crippen molar-refractivity contribution in [2.75, 3.05) is 32.8 Å². The van der Waals surface area contributed by atoms with E-state index < -0.39 is 0 Å². The minimum absolute atomic E-state index is 0.0300. The zero-order valence-corrected chi connectivity index (χ0v) is 23.2. The summed E-state index contributed by atoms with van der Waals surface area (Å²) >= 11 is 0. The Kier molecular flexibility index (Phi) is 12.2. The van der Waals surface area contributed by atoms with Crippen molar-refractivity contribution in [2.45, 2.75) is 61.3 Å². The number of amides is 1. The lowest BCUT2D eigenvalue weighted by Gasteiger charge is -2.22. The molecule has 6 nitrogen and oxygen atoms in total. The molecule has 0 radical (unpaired) electrons. The molecule has 2 aromatic carbocycles. The Bertz CT molecular complexity index is 1090. The van der Waals surface area contributed by atoms with E-state index in [4.69, 9.17) is 4.74 Å². The number of carbonyl (C=O) groups is 1. The molecule has 0 bridgehead atoms. The van der Waals surface area contributed by atoms with Crippen molar-refractivity contribution in [2.24, 2.45) is 5.10 Å². The molecule has 0 aliphatic carbocycles. The third-order valence-corrected chi connectivity index (χ3v) is 5.98. The maximum atomic E-state index is 13.1. The molecule has 6 heteroatoms. The van der Waals surface area contributed by atoms with Crippen molar-refractivity contribution in [1.29, 1.82) is 0 Å². The number of nitrogens with one attached hydrogen (secondary N) is 1. The molecule has 1 saturated heterocycles. The van der Waals surface area contributed by atoms with Gasteiger partial charge in [-0.15, -0.1) is 0 Å². The van der Waals surface area contributed by atoms with Crippen molar-refractivity contribution >= 4 is 23.0 Å². The number of hydrazone groups is 1. The lowest BCUT2D eigenvalue weighted by atomic mass is 10.1. The fraction of sp³-hybridized carbons (Fsp3) is 0.467. The normalized spacial score (nSPS) is 13.2. The van der Waals surface area contributed by atoms with Crippen LogP contribution < -0.4 is 4.74 Å². The van der Waals surface area contributed by atoms with Gasteiger partial charge in [0.2, 0.25) is 0 Å². The molecule has 1 N–H and O–H groups in total. The average molecular weight is 493 g/mol. The highest BCUT2D eigenvalue weighted by Crippen LogP contribution is 2.24. The highest BCUT2D eigenvalue weighted by molar-refractivity contribution is 5.89. The third kappa shape index (κ3) is 8.23. The zero-order valence-electron chi connectivity index (χ0n) is 23.2. The number of hydrogen-bond donors (Lipinski definition) is 1. The number of aromatic nitrogens is 1. The van der Waals surface area contributed by atoms with Gasteiger partial charge in [-0.2, -0.15) is 5.10 Å². The van der Waals surface area contributed by atoms with Crippen LogP contribution in [0.15, 0.2) is 47.7 Å². The first-order valence-corrected chi connectivity index (χ1v) is 13.3. The molecule has 1 aromatic heterocycles. The number of benzene rings is 2. The topological polar surface area (TPSA) is 60.9 Å². The number of ether oxygens (including phenoxy) is 1. The molecule has 0 atom stereocenters. The minimum Gasteiger partial charge on any atom is -0.483 e. The first-order valence-electron chi connectivity index (χ1n) is 13.3. The maximum absolute atomic E-state index is 13.1. The molecular formula is C30H44N4O2. The lowest BCUT2D eigenvalue weighted by Crippen LogP contribution is -2.37. The Morgan fingerprint density at radius 3 is 2.36 bits per heavy atom. The number of nitrogens with zero attached hydrogens (tertiary/aromatic N) is 3. The number of carbonyl (C=O) groups excluding carboxylic acids is 1. The Morgan fingerprint density at radius 1 is 1.03 bits per heavy atom. The van der Waals surface area contributed by atoms with Crippen molar-refractivity contribution in [3.8, 4) is 5.75 Å². The number of hydrogen-bond acceptors (Lipinski definition) is 4. The summed E-state index contributed by atoms with van der Waals surface area (Å²) in [6, 6.07) is 12.3. The number of rotatable bonds is 8. The van der Waals surface area contributed by atoms with Gasteiger partial charge in [0.25, 0.3) is 5.91 Å². The standard InChI is InChI=1S/C26H32N4O2.2C2H6/c1-19-14-20(2)26(21(3)15-19)32-18-25(31)30(13-12-29-10-4-5-11-29)28-17-22-6-7-23-8-9-27-24(23)16-22;2*1-2/h6-9,14-17,27H,4-5,10-13,18H2,1-3H3;2*1-2H3/b28-17+;;. The quantitative estimate of drug-likeness (QED) is 0.289. The van der Waals surface area contributed by atoms with E-state index in [0.29, 0.717) is 6.54 Å². The van der Waals surface area contributed by atoms with Crippen LogP contribution >= 0.6 is 0 Å². The molecule has 1 amide bonds. The molecule has 0 unspecified atom stereocenters. The highest BCUT2D eigenvalue weighted by atomic mass is 16.5. The van der Waals surface area contributed by atoms with Crippen molar-refractivity contribution in [3.05, 3.63) is 64.8 Å². The molecule has 4 rings (SSSR count). The SMILES string of the molecule is CC.CC.Cc1cc(C)c(OCC(=O)N(CCN2CCCC2)/N=C/c2ccc3cc[nH]c3c2)c(C)c1. The van der Waals surface area contributed by atoms with Crippen molar-refractivity contribution in [1.82, 2.24) is 14.9 Å². The Morgan fingerprint density at radius 2 is 1.69 bits per heavy atom. The molecule has 196 valence electrons. The smallest absolute Gasteiger partial charge is 0.280 e. The van der Waals surface area contributed by atoms with Crippen LogP contribution in [-0.4, -0.2) is 59.8 Å². The number of H-pyrrole nitrogens is 1. The second kappa shape index (κ2) is 15.1. The summed E-state index contributed by atoms with van der Waals surface area (Å²) in [6.45, 7) is 17.6. The largest absolute Gasteiger partial charge is 0.483 e. The lowest BCUT2D eigenvalue weighted by molar-refractivity contribution is -0.133. The molecule has 1 aliphatic heterocycles. The van der Waals surface area contributed by atoms with Gasteiger partial charge in [-0.1, -0.05) is 57.5 Å². The van der Waals surface area contributed by atoms with Gasteiger partial charge in [-0.05, 0) is 80.9 Å². The Labute approximate surface area is 217 Å². The van der Waals surface area contributed by atoms with Gasteiger partial charge >= 0.3 is 0 Å². The Hall–Kier alpha value is -3.12. The molecule has 1 aliphatic rings. The summed E-state index contributed by atoms with van der Waals surface area (Å²) in [7, 11) is 0.